The number of para-hydroxylation sites is 1. The van der Waals surface area contributed by atoms with E-state index >= 15 is 0 Å². The van der Waals surface area contributed by atoms with Crippen molar-refractivity contribution in [2.75, 3.05) is 0 Å². The smallest absolute Gasteiger partial charge is 0.271 e. The van der Waals surface area contributed by atoms with E-state index in [1.54, 1.807) is 0 Å². The standard InChI is InChI=1S/C16H18N6O/c1-11(2)14(19-16(23)13-9-17-7-8-18-13)10-22-15-6-4-3-5-12(15)20-21-22/h3-9,11,14H,10H2,1-2H3,(H,19,23)/t14-/m1/s1. The first-order chi connectivity index (χ1) is 11.1. The van der Waals surface area contributed by atoms with Crippen LogP contribution >= 0.6 is 0 Å². The Labute approximate surface area is 133 Å². The summed E-state index contributed by atoms with van der Waals surface area (Å²) in [6.07, 6.45) is 4.50. The molecule has 1 atom stereocenters. The molecule has 0 saturated carbocycles. The molecule has 3 aromatic rings. The van der Waals surface area contributed by atoms with Crippen LogP contribution in [0.15, 0.2) is 42.9 Å². The number of nitrogens with one attached hydrogen (secondary N) is 1. The van der Waals surface area contributed by atoms with Gasteiger partial charge in [0.05, 0.1) is 24.3 Å². The average molecular weight is 310 g/mol. The van der Waals surface area contributed by atoms with Gasteiger partial charge in [0.25, 0.3) is 5.91 Å². The van der Waals surface area contributed by atoms with E-state index in [4.69, 9.17) is 0 Å². The predicted molar refractivity (Wildman–Crippen MR) is 85.7 cm³/mol. The van der Waals surface area contributed by atoms with Gasteiger partial charge in [-0.2, -0.15) is 0 Å². The van der Waals surface area contributed by atoms with Crippen LogP contribution in [0.1, 0.15) is 24.3 Å². The third-order valence-electron chi connectivity index (χ3n) is 3.71. The summed E-state index contributed by atoms with van der Waals surface area (Å²) in [6, 6.07) is 7.68. The van der Waals surface area contributed by atoms with Crippen LogP contribution in [0.5, 0.6) is 0 Å². The summed E-state index contributed by atoms with van der Waals surface area (Å²) in [5.41, 5.74) is 2.10. The molecule has 0 radical (unpaired) electrons. The summed E-state index contributed by atoms with van der Waals surface area (Å²) in [4.78, 5) is 20.2. The fraction of sp³-hybridized carbons (Fsp3) is 0.312. The van der Waals surface area contributed by atoms with Crippen molar-refractivity contribution in [3.8, 4) is 0 Å². The first-order valence-electron chi connectivity index (χ1n) is 7.50. The lowest BCUT2D eigenvalue weighted by Crippen LogP contribution is -2.42. The molecule has 0 aliphatic carbocycles. The summed E-state index contributed by atoms with van der Waals surface area (Å²) < 4.78 is 1.82. The largest absolute Gasteiger partial charge is 0.346 e. The fourth-order valence-corrected chi connectivity index (χ4v) is 2.32. The molecule has 1 aromatic carbocycles. The Morgan fingerprint density at radius 1 is 1.26 bits per heavy atom. The first kappa shape index (κ1) is 15.1. The zero-order chi connectivity index (χ0) is 16.2. The number of carbonyl (C=O) groups is 1. The number of hydrogen-bond donors (Lipinski definition) is 1. The highest BCUT2D eigenvalue weighted by atomic mass is 16.2. The highest BCUT2D eigenvalue weighted by Gasteiger charge is 2.20. The van der Waals surface area contributed by atoms with Crippen molar-refractivity contribution >= 4 is 16.9 Å². The topological polar surface area (TPSA) is 85.6 Å². The minimum Gasteiger partial charge on any atom is -0.346 e. The van der Waals surface area contributed by atoms with E-state index in [0.29, 0.717) is 12.2 Å². The average Bonchev–Trinajstić information content (AvgIpc) is 2.98. The number of benzene rings is 1. The number of nitrogens with zero attached hydrogens (tertiary/aromatic N) is 5. The maximum atomic E-state index is 12.3. The SMILES string of the molecule is CC(C)[C@@H](Cn1nnc2ccccc21)NC(=O)c1cnccn1. The van der Waals surface area contributed by atoms with Crippen molar-refractivity contribution in [1.82, 2.24) is 30.3 Å². The van der Waals surface area contributed by atoms with Crippen LogP contribution in [0.25, 0.3) is 11.0 Å². The molecule has 1 amide bonds. The lowest BCUT2D eigenvalue weighted by molar-refractivity contribution is 0.0914. The third-order valence-corrected chi connectivity index (χ3v) is 3.71. The van der Waals surface area contributed by atoms with Gasteiger partial charge >= 0.3 is 0 Å². The Morgan fingerprint density at radius 2 is 2.09 bits per heavy atom. The molecule has 0 spiro atoms. The molecule has 0 fully saturated rings. The Hall–Kier alpha value is -2.83. The molecule has 1 N–H and O–H groups in total. The molecule has 0 aliphatic heterocycles. The van der Waals surface area contributed by atoms with E-state index < -0.39 is 0 Å². The normalized spacial score (nSPS) is 12.5. The number of hydrogen-bond acceptors (Lipinski definition) is 5. The van der Waals surface area contributed by atoms with Crippen molar-refractivity contribution in [2.24, 2.45) is 5.92 Å². The Balaban J connectivity index is 1.78. The van der Waals surface area contributed by atoms with Gasteiger partial charge in [-0.3, -0.25) is 9.78 Å². The molecule has 0 bridgehead atoms. The summed E-state index contributed by atoms with van der Waals surface area (Å²) >= 11 is 0. The maximum absolute atomic E-state index is 12.3. The fourth-order valence-electron chi connectivity index (χ4n) is 2.32. The van der Waals surface area contributed by atoms with Crippen LogP contribution in [0.3, 0.4) is 0 Å². The van der Waals surface area contributed by atoms with Gasteiger partial charge in [-0.15, -0.1) is 5.10 Å². The molecule has 0 aliphatic rings. The lowest BCUT2D eigenvalue weighted by atomic mass is 10.0. The van der Waals surface area contributed by atoms with Crippen molar-refractivity contribution < 1.29 is 4.79 Å². The van der Waals surface area contributed by atoms with Crippen LogP contribution in [0.4, 0.5) is 0 Å². The number of fused-ring (bicyclic) bond motifs is 1. The molecule has 3 rings (SSSR count). The second-order valence-corrected chi connectivity index (χ2v) is 5.67. The predicted octanol–water partition coefficient (Wildman–Crippen LogP) is 1.68. The second kappa shape index (κ2) is 6.51. The summed E-state index contributed by atoms with van der Waals surface area (Å²) in [7, 11) is 0. The van der Waals surface area contributed by atoms with Crippen LogP contribution in [-0.4, -0.2) is 36.9 Å². The minimum absolute atomic E-state index is 0.0883. The van der Waals surface area contributed by atoms with Gasteiger partial charge in [0, 0.05) is 12.4 Å². The zero-order valence-electron chi connectivity index (χ0n) is 13.0. The van der Waals surface area contributed by atoms with Crippen LogP contribution in [-0.2, 0) is 6.54 Å². The van der Waals surface area contributed by atoms with Gasteiger partial charge in [0.2, 0.25) is 0 Å². The summed E-state index contributed by atoms with van der Waals surface area (Å²) in [6.45, 7) is 4.66. The molecule has 118 valence electrons. The minimum atomic E-state index is -0.235. The van der Waals surface area contributed by atoms with E-state index in [0.717, 1.165) is 11.0 Å². The molecule has 0 unspecified atom stereocenters. The molecule has 2 heterocycles. The monoisotopic (exact) mass is 310 g/mol. The van der Waals surface area contributed by atoms with Gasteiger partial charge in [0.15, 0.2) is 0 Å². The Bertz CT molecular complexity index is 798. The summed E-state index contributed by atoms with van der Waals surface area (Å²) in [5.74, 6) is -0.000181. The lowest BCUT2D eigenvalue weighted by Gasteiger charge is -2.22. The molecule has 0 saturated heterocycles. The van der Waals surface area contributed by atoms with E-state index in [9.17, 15) is 4.79 Å². The van der Waals surface area contributed by atoms with E-state index in [1.165, 1.54) is 18.6 Å². The molecule has 2 aromatic heterocycles. The maximum Gasteiger partial charge on any atom is 0.271 e. The molecule has 7 heteroatoms. The summed E-state index contributed by atoms with van der Waals surface area (Å²) in [5, 5.41) is 11.3. The van der Waals surface area contributed by atoms with Crippen LogP contribution < -0.4 is 5.32 Å². The van der Waals surface area contributed by atoms with E-state index in [1.807, 2.05) is 28.9 Å². The van der Waals surface area contributed by atoms with Crippen molar-refractivity contribution in [3.63, 3.8) is 0 Å². The second-order valence-electron chi connectivity index (χ2n) is 5.67. The Kier molecular flexibility index (Phi) is 4.27. The number of carbonyl (C=O) groups excluding carboxylic acids is 1. The van der Waals surface area contributed by atoms with Gasteiger partial charge in [-0.1, -0.05) is 31.2 Å². The molecular formula is C16H18N6O. The zero-order valence-corrected chi connectivity index (χ0v) is 13.0. The van der Waals surface area contributed by atoms with Crippen LogP contribution in [0, 0.1) is 5.92 Å². The number of aromatic nitrogens is 5. The highest BCUT2D eigenvalue weighted by molar-refractivity contribution is 5.92. The van der Waals surface area contributed by atoms with E-state index in [-0.39, 0.29) is 17.9 Å². The van der Waals surface area contributed by atoms with Crippen molar-refractivity contribution in [2.45, 2.75) is 26.4 Å². The van der Waals surface area contributed by atoms with Crippen LogP contribution in [0.2, 0.25) is 0 Å². The van der Waals surface area contributed by atoms with Gasteiger partial charge < -0.3 is 5.32 Å². The highest BCUT2D eigenvalue weighted by Crippen LogP contribution is 2.13. The van der Waals surface area contributed by atoms with Gasteiger partial charge in [0.1, 0.15) is 11.2 Å². The molecular weight excluding hydrogens is 292 g/mol. The quantitative estimate of drug-likeness (QED) is 0.775. The van der Waals surface area contributed by atoms with Crippen molar-refractivity contribution in [3.05, 3.63) is 48.5 Å². The first-order valence-corrected chi connectivity index (χ1v) is 7.50. The van der Waals surface area contributed by atoms with Gasteiger partial charge in [-0.25, -0.2) is 9.67 Å². The number of amides is 1. The molecule has 23 heavy (non-hydrogen) atoms. The molecule has 7 nitrogen and oxygen atoms in total. The number of rotatable bonds is 5. The van der Waals surface area contributed by atoms with E-state index in [2.05, 4.69) is 39.4 Å². The third kappa shape index (κ3) is 3.33. The van der Waals surface area contributed by atoms with Crippen molar-refractivity contribution in [1.29, 1.82) is 0 Å². The Morgan fingerprint density at radius 3 is 2.83 bits per heavy atom. The van der Waals surface area contributed by atoms with Gasteiger partial charge in [-0.05, 0) is 18.1 Å².